The molecule has 0 fully saturated rings. The number of nitrogens with zero attached hydrogens (tertiary/aromatic N) is 4. The molecule has 0 aliphatic heterocycles. The first-order valence-electron chi connectivity index (χ1n) is 6.65. The fraction of sp³-hybridized carbons (Fsp3) is 0.267. The van der Waals surface area contributed by atoms with E-state index in [1.807, 2.05) is 44.4 Å². The SMILES string of the molecule is Cc1cnc(CNCc2c(C)nc3ccccn23)cn1. The molecule has 3 aromatic heterocycles. The van der Waals surface area contributed by atoms with Gasteiger partial charge in [-0.05, 0) is 26.0 Å². The molecule has 102 valence electrons. The molecule has 5 nitrogen and oxygen atoms in total. The summed E-state index contributed by atoms with van der Waals surface area (Å²) in [4.78, 5) is 13.1. The second kappa shape index (κ2) is 5.38. The predicted octanol–water partition coefficient (Wildman–Crippen LogP) is 2.03. The van der Waals surface area contributed by atoms with Crippen LogP contribution in [0.25, 0.3) is 5.65 Å². The number of nitrogens with one attached hydrogen (secondary N) is 1. The van der Waals surface area contributed by atoms with E-state index in [0.29, 0.717) is 6.54 Å². The van der Waals surface area contributed by atoms with Crippen LogP contribution in [0.15, 0.2) is 36.8 Å². The highest BCUT2D eigenvalue weighted by Gasteiger charge is 2.07. The standard InChI is InChI=1S/C15H17N5/c1-11-7-18-13(9-17-11)8-16-10-14-12(2)19-15-5-3-4-6-20(14)15/h3-7,9,16H,8,10H2,1-2H3. The zero-order valence-electron chi connectivity index (χ0n) is 11.7. The molecule has 0 bridgehead atoms. The summed E-state index contributed by atoms with van der Waals surface area (Å²) in [6.07, 6.45) is 5.64. The van der Waals surface area contributed by atoms with Crippen LogP contribution in [0.5, 0.6) is 0 Å². The van der Waals surface area contributed by atoms with Gasteiger partial charge in [-0.1, -0.05) is 6.07 Å². The molecule has 0 spiro atoms. The van der Waals surface area contributed by atoms with Crippen LogP contribution >= 0.6 is 0 Å². The number of imidazole rings is 1. The quantitative estimate of drug-likeness (QED) is 0.786. The number of aromatic nitrogens is 4. The van der Waals surface area contributed by atoms with Gasteiger partial charge in [0.15, 0.2) is 0 Å². The number of rotatable bonds is 4. The second-order valence-corrected chi connectivity index (χ2v) is 4.83. The van der Waals surface area contributed by atoms with Gasteiger partial charge in [-0.3, -0.25) is 9.97 Å². The first-order valence-corrected chi connectivity index (χ1v) is 6.65. The lowest BCUT2D eigenvalue weighted by atomic mass is 10.3. The summed E-state index contributed by atoms with van der Waals surface area (Å²) in [6, 6.07) is 6.03. The van der Waals surface area contributed by atoms with Crippen LogP contribution in [0.1, 0.15) is 22.8 Å². The van der Waals surface area contributed by atoms with Gasteiger partial charge in [0.25, 0.3) is 0 Å². The van der Waals surface area contributed by atoms with Gasteiger partial charge in [0.2, 0.25) is 0 Å². The average molecular weight is 267 g/mol. The van der Waals surface area contributed by atoms with Crippen molar-refractivity contribution < 1.29 is 0 Å². The molecule has 0 unspecified atom stereocenters. The molecule has 1 N–H and O–H groups in total. The van der Waals surface area contributed by atoms with Gasteiger partial charge in [-0.15, -0.1) is 0 Å². The summed E-state index contributed by atoms with van der Waals surface area (Å²) >= 11 is 0. The van der Waals surface area contributed by atoms with Gasteiger partial charge >= 0.3 is 0 Å². The molecule has 0 atom stereocenters. The zero-order valence-corrected chi connectivity index (χ0v) is 11.7. The van der Waals surface area contributed by atoms with Crippen molar-refractivity contribution in [3.05, 3.63) is 59.6 Å². The molecule has 0 aromatic carbocycles. The van der Waals surface area contributed by atoms with Crippen molar-refractivity contribution >= 4 is 5.65 Å². The fourth-order valence-electron chi connectivity index (χ4n) is 2.20. The highest BCUT2D eigenvalue weighted by molar-refractivity contribution is 5.42. The summed E-state index contributed by atoms with van der Waals surface area (Å²) in [5.74, 6) is 0. The van der Waals surface area contributed by atoms with Gasteiger partial charge in [0, 0.05) is 31.7 Å². The minimum absolute atomic E-state index is 0.701. The molecule has 0 aliphatic carbocycles. The van der Waals surface area contributed by atoms with Gasteiger partial charge in [0.05, 0.1) is 22.8 Å². The van der Waals surface area contributed by atoms with Crippen LogP contribution in [0.2, 0.25) is 0 Å². The minimum atomic E-state index is 0.701. The van der Waals surface area contributed by atoms with Crippen molar-refractivity contribution in [2.24, 2.45) is 0 Å². The Morgan fingerprint density at radius 1 is 1.10 bits per heavy atom. The Hall–Kier alpha value is -2.27. The third-order valence-corrected chi connectivity index (χ3v) is 3.26. The largest absolute Gasteiger partial charge is 0.305 e. The highest BCUT2D eigenvalue weighted by Crippen LogP contribution is 2.11. The molecule has 0 saturated carbocycles. The Kier molecular flexibility index (Phi) is 3.43. The van der Waals surface area contributed by atoms with Crippen molar-refractivity contribution in [1.82, 2.24) is 24.7 Å². The van der Waals surface area contributed by atoms with Crippen molar-refractivity contribution in [2.45, 2.75) is 26.9 Å². The maximum atomic E-state index is 4.55. The first kappa shape index (κ1) is 12.7. The second-order valence-electron chi connectivity index (χ2n) is 4.83. The van der Waals surface area contributed by atoms with E-state index in [1.165, 1.54) is 5.69 Å². The van der Waals surface area contributed by atoms with E-state index >= 15 is 0 Å². The molecular weight excluding hydrogens is 250 g/mol. The topological polar surface area (TPSA) is 55.1 Å². The van der Waals surface area contributed by atoms with Crippen molar-refractivity contribution in [3.8, 4) is 0 Å². The number of pyridine rings is 1. The van der Waals surface area contributed by atoms with Gasteiger partial charge < -0.3 is 9.72 Å². The fourth-order valence-corrected chi connectivity index (χ4v) is 2.20. The molecule has 0 aliphatic rings. The summed E-state index contributed by atoms with van der Waals surface area (Å²) in [6.45, 7) is 5.43. The zero-order chi connectivity index (χ0) is 13.9. The lowest BCUT2D eigenvalue weighted by Crippen LogP contribution is -2.16. The van der Waals surface area contributed by atoms with E-state index in [4.69, 9.17) is 0 Å². The van der Waals surface area contributed by atoms with Crippen LogP contribution in [-0.2, 0) is 13.1 Å². The molecule has 20 heavy (non-hydrogen) atoms. The molecule has 0 amide bonds. The third-order valence-electron chi connectivity index (χ3n) is 3.26. The summed E-state index contributed by atoms with van der Waals surface area (Å²) in [5.41, 5.74) is 5.10. The third kappa shape index (κ3) is 2.53. The Morgan fingerprint density at radius 3 is 2.80 bits per heavy atom. The maximum absolute atomic E-state index is 4.55. The molecule has 3 heterocycles. The number of fused-ring (bicyclic) bond motifs is 1. The smallest absolute Gasteiger partial charge is 0.137 e. The molecule has 3 aromatic rings. The van der Waals surface area contributed by atoms with Crippen LogP contribution in [0.4, 0.5) is 0 Å². The van der Waals surface area contributed by atoms with E-state index < -0.39 is 0 Å². The predicted molar refractivity (Wildman–Crippen MR) is 77.2 cm³/mol. The maximum Gasteiger partial charge on any atom is 0.137 e. The summed E-state index contributed by atoms with van der Waals surface area (Å²) in [7, 11) is 0. The normalized spacial score (nSPS) is 11.1. The molecule has 0 saturated heterocycles. The molecule has 5 heteroatoms. The van der Waals surface area contributed by atoms with Crippen LogP contribution in [0.3, 0.4) is 0 Å². The van der Waals surface area contributed by atoms with E-state index in [0.717, 1.165) is 29.3 Å². The Labute approximate surface area is 117 Å². The van der Waals surface area contributed by atoms with E-state index in [-0.39, 0.29) is 0 Å². The number of hydrogen-bond donors (Lipinski definition) is 1. The van der Waals surface area contributed by atoms with Crippen molar-refractivity contribution in [3.63, 3.8) is 0 Å². The van der Waals surface area contributed by atoms with Gasteiger partial charge in [-0.25, -0.2) is 4.98 Å². The van der Waals surface area contributed by atoms with Crippen LogP contribution in [-0.4, -0.2) is 19.4 Å². The number of aryl methyl sites for hydroxylation is 2. The van der Waals surface area contributed by atoms with E-state index in [9.17, 15) is 0 Å². The monoisotopic (exact) mass is 267 g/mol. The Morgan fingerprint density at radius 2 is 2.00 bits per heavy atom. The lowest BCUT2D eigenvalue weighted by molar-refractivity contribution is 0.657. The van der Waals surface area contributed by atoms with Gasteiger partial charge in [-0.2, -0.15) is 0 Å². The Balaban J connectivity index is 1.71. The van der Waals surface area contributed by atoms with E-state index in [1.54, 1.807) is 6.20 Å². The van der Waals surface area contributed by atoms with Crippen LogP contribution < -0.4 is 5.32 Å². The van der Waals surface area contributed by atoms with Gasteiger partial charge in [0.1, 0.15) is 5.65 Å². The average Bonchev–Trinajstić information content (AvgIpc) is 2.77. The van der Waals surface area contributed by atoms with Crippen LogP contribution in [0, 0.1) is 13.8 Å². The molecule has 3 rings (SSSR count). The minimum Gasteiger partial charge on any atom is -0.305 e. The van der Waals surface area contributed by atoms with Crippen molar-refractivity contribution in [2.75, 3.05) is 0 Å². The highest BCUT2D eigenvalue weighted by atomic mass is 15.0. The van der Waals surface area contributed by atoms with E-state index in [2.05, 4.69) is 24.7 Å². The number of hydrogen-bond acceptors (Lipinski definition) is 4. The molecular formula is C15H17N5. The lowest BCUT2D eigenvalue weighted by Gasteiger charge is -2.05. The van der Waals surface area contributed by atoms with Crippen molar-refractivity contribution in [1.29, 1.82) is 0 Å². The summed E-state index contributed by atoms with van der Waals surface area (Å²) < 4.78 is 2.11. The Bertz CT molecular complexity index is 715. The first-order chi connectivity index (χ1) is 9.74. The summed E-state index contributed by atoms with van der Waals surface area (Å²) in [5, 5.41) is 3.39. The molecule has 0 radical (unpaired) electrons.